The number of benzene rings is 10. The molecule has 13 aromatic rings. The van der Waals surface area contributed by atoms with Gasteiger partial charge >= 0.3 is 0 Å². The summed E-state index contributed by atoms with van der Waals surface area (Å²) in [5.41, 5.74) is 12.3. The van der Waals surface area contributed by atoms with E-state index in [0.29, 0.717) is 17.5 Å². The quantitative estimate of drug-likeness (QED) is 0.157. The van der Waals surface area contributed by atoms with E-state index in [2.05, 4.69) is 174 Å². The van der Waals surface area contributed by atoms with Gasteiger partial charge in [0.2, 0.25) is 0 Å². The molecule has 13 rings (SSSR count). The first kappa shape index (κ1) is 34.5. The summed E-state index contributed by atoms with van der Waals surface area (Å²) in [6.07, 6.45) is 0. The van der Waals surface area contributed by atoms with Crippen molar-refractivity contribution in [1.82, 2.24) is 19.5 Å². The van der Waals surface area contributed by atoms with Crippen LogP contribution in [0.1, 0.15) is 0 Å². The molecule has 0 aliphatic carbocycles. The van der Waals surface area contributed by atoms with Gasteiger partial charge in [0.1, 0.15) is 11.2 Å². The van der Waals surface area contributed by atoms with E-state index in [1.54, 1.807) is 0 Å². The molecule has 0 atom stereocenters. The third kappa shape index (κ3) is 5.18. The van der Waals surface area contributed by atoms with Gasteiger partial charge < -0.3 is 8.98 Å². The average molecular weight is 791 g/mol. The van der Waals surface area contributed by atoms with Gasteiger partial charge in [-0.3, -0.25) is 0 Å². The summed E-state index contributed by atoms with van der Waals surface area (Å²) < 4.78 is 9.34. The van der Waals surface area contributed by atoms with E-state index >= 15 is 0 Å². The van der Waals surface area contributed by atoms with Crippen molar-refractivity contribution in [3.8, 4) is 62.1 Å². The Morgan fingerprint density at radius 1 is 0.306 bits per heavy atom. The molecule has 0 radical (unpaired) electrons. The van der Waals surface area contributed by atoms with Crippen LogP contribution in [-0.4, -0.2) is 19.5 Å². The number of hydrogen-bond acceptors (Lipinski definition) is 4. The Hall–Kier alpha value is -8.41. The van der Waals surface area contributed by atoms with E-state index in [4.69, 9.17) is 19.4 Å². The molecule has 5 nitrogen and oxygen atoms in total. The molecule has 0 saturated heterocycles. The summed E-state index contributed by atoms with van der Waals surface area (Å²) in [7, 11) is 0. The maximum absolute atomic E-state index is 6.93. The summed E-state index contributed by atoms with van der Waals surface area (Å²) in [4.78, 5) is 15.3. The zero-order valence-corrected chi connectivity index (χ0v) is 33.3. The number of fused-ring (bicyclic) bond motifs is 6. The monoisotopic (exact) mass is 790 g/mol. The molecule has 62 heavy (non-hydrogen) atoms. The zero-order valence-electron chi connectivity index (χ0n) is 33.3. The fraction of sp³-hybridized carbons (Fsp3) is 0. The van der Waals surface area contributed by atoms with Gasteiger partial charge in [-0.05, 0) is 74.8 Å². The van der Waals surface area contributed by atoms with E-state index in [9.17, 15) is 0 Å². The summed E-state index contributed by atoms with van der Waals surface area (Å²) in [6, 6.07) is 72.5. The number of hydrogen-bond donors (Lipinski definition) is 0. The van der Waals surface area contributed by atoms with Gasteiger partial charge in [0.05, 0.1) is 16.6 Å². The summed E-state index contributed by atoms with van der Waals surface area (Å²) >= 11 is 0. The molecule has 0 aliphatic rings. The van der Waals surface area contributed by atoms with Gasteiger partial charge in [-0.1, -0.05) is 170 Å². The van der Waals surface area contributed by atoms with Crippen LogP contribution in [-0.2, 0) is 0 Å². The van der Waals surface area contributed by atoms with Gasteiger partial charge in [0.15, 0.2) is 17.5 Å². The lowest BCUT2D eigenvalue weighted by atomic mass is 9.88. The van der Waals surface area contributed by atoms with Crippen molar-refractivity contribution in [3.63, 3.8) is 0 Å². The number of nitrogens with zero attached hydrogens (tertiary/aromatic N) is 4. The Balaban J connectivity index is 1.04. The fourth-order valence-corrected chi connectivity index (χ4v) is 9.70. The fourth-order valence-electron chi connectivity index (χ4n) is 9.70. The molecule has 288 valence electrons. The van der Waals surface area contributed by atoms with Crippen LogP contribution >= 0.6 is 0 Å². The Morgan fingerprint density at radius 3 is 1.60 bits per heavy atom. The molecule has 0 spiro atoms. The molecule has 0 N–H and O–H groups in total. The van der Waals surface area contributed by atoms with Crippen LogP contribution in [0.4, 0.5) is 0 Å². The molecule has 0 saturated carbocycles. The van der Waals surface area contributed by atoms with Crippen molar-refractivity contribution >= 4 is 65.3 Å². The first-order valence-electron chi connectivity index (χ1n) is 20.9. The normalized spacial score (nSPS) is 11.9. The van der Waals surface area contributed by atoms with Crippen LogP contribution < -0.4 is 0 Å². The zero-order chi connectivity index (χ0) is 40.7. The molecular formula is C57H34N4O. The topological polar surface area (TPSA) is 56.7 Å². The lowest BCUT2D eigenvalue weighted by Crippen LogP contribution is -2.00. The summed E-state index contributed by atoms with van der Waals surface area (Å²) in [5, 5.41) is 9.59. The average Bonchev–Trinajstić information content (AvgIpc) is 3.91. The number of rotatable bonds is 6. The number of aromatic nitrogens is 4. The highest BCUT2D eigenvalue weighted by atomic mass is 16.3. The molecule has 0 unspecified atom stereocenters. The molecule has 5 heteroatoms. The third-order valence-corrected chi connectivity index (χ3v) is 12.4. The van der Waals surface area contributed by atoms with Crippen molar-refractivity contribution in [3.05, 3.63) is 206 Å². The first-order chi connectivity index (χ1) is 30.8. The second-order valence-corrected chi connectivity index (χ2v) is 15.9. The van der Waals surface area contributed by atoms with Gasteiger partial charge in [-0.2, -0.15) is 0 Å². The van der Waals surface area contributed by atoms with Crippen LogP contribution in [0.2, 0.25) is 0 Å². The van der Waals surface area contributed by atoms with Crippen LogP contribution in [0.5, 0.6) is 0 Å². The third-order valence-electron chi connectivity index (χ3n) is 12.4. The van der Waals surface area contributed by atoms with Crippen LogP contribution in [0, 0.1) is 0 Å². The van der Waals surface area contributed by atoms with E-state index in [-0.39, 0.29) is 0 Å². The predicted molar refractivity (Wildman–Crippen MR) is 255 cm³/mol. The molecule has 0 amide bonds. The minimum Gasteiger partial charge on any atom is -0.455 e. The second-order valence-electron chi connectivity index (χ2n) is 15.9. The number of furan rings is 1. The van der Waals surface area contributed by atoms with Gasteiger partial charge in [-0.25, -0.2) is 15.0 Å². The smallest absolute Gasteiger partial charge is 0.167 e. The largest absolute Gasteiger partial charge is 0.455 e. The predicted octanol–water partition coefficient (Wildman–Crippen LogP) is 14.9. The highest BCUT2D eigenvalue weighted by molar-refractivity contribution is 6.37. The highest BCUT2D eigenvalue weighted by Gasteiger charge is 2.25. The summed E-state index contributed by atoms with van der Waals surface area (Å²) in [6.45, 7) is 0. The van der Waals surface area contributed by atoms with Crippen molar-refractivity contribution in [1.29, 1.82) is 0 Å². The van der Waals surface area contributed by atoms with Gasteiger partial charge in [-0.15, -0.1) is 0 Å². The minimum absolute atomic E-state index is 0.555. The van der Waals surface area contributed by atoms with Gasteiger partial charge in [0, 0.05) is 43.7 Å². The summed E-state index contributed by atoms with van der Waals surface area (Å²) in [5.74, 6) is 1.76. The van der Waals surface area contributed by atoms with Crippen molar-refractivity contribution in [2.45, 2.75) is 0 Å². The Kier molecular flexibility index (Phi) is 7.54. The Morgan fingerprint density at radius 2 is 0.823 bits per heavy atom. The molecule has 3 heterocycles. The molecular weight excluding hydrogens is 757 g/mol. The van der Waals surface area contributed by atoms with Crippen LogP contribution in [0.15, 0.2) is 211 Å². The standard InChI is InChI=1S/C57H34N4O/c1-4-15-35(16-5-1)36-29-31-38(32-30-36)56-58-55(37-17-6-2-7-18-37)59-57(60-56)46-26-12-25-45-50-43(24-14-28-49(50)62-54(45)46)44-33-34-48-53-51(44)41-22-11-10-21-40(41)42-23-13-27-47(52(42)53)61(48)39-19-8-3-9-20-39/h1-34H. The highest BCUT2D eigenvalue weighted by Crippen LogP contribution is 2.49. The molecule has 0 fully saturated rings. The molecule has 0 bridgehead atoms. The lowest BCUT2D eigenvalue weighted by Gasteiger charge is -2.14. The van der Waals surface area contributed by atoms with Crippen molar-refractivity contribution in [2.24, 2.45) is 0 Å². The lowest BCUT2D eigenvalue weighted by molar-refractivity contribution is 0.669. The minimum atomic E-state index is 0.555. The SMILES string of the molecule is c1ccc(-c2ccc(-c3nc(-c4ccccc4)nc(-c4cccc5c4oc4cccc(-c6ccc7c8c6c6ccccc6c6cccc(c68)n7-c6ccccc6)c45)n3)cc2)cc1. The maximum Gasteiger partial charge on any atom is 0.167 e. The maximum atomic E-state index is 6.93. The van der Waals surface area contributed by atoms with Crippen molar-refractivity contribution in [2.75, 3.05) is 0 Å². The molecule has 10 aromatic carbocycles. The Bertz CT molecular complexity index is 3830. The second kappa shape index (κ2) is 13.6. The van der Waals surface area contributed by atoms with E-state index in [1.165, 1.54) is 43.4 Å². The van der Waals surface area contributed by atoms with Gasteiger partial charge in [0.25, 0.3) is 0 Å². The van der Waals surface area contributed by atoms with Crippen LogP contribution in [0.25, 0.3) is 127 Å². The van der Waals surface area contributed by atoms with E-state index in [0.717, 1.165) is 66.6 Å². The number of para-hydroxylation sites is 2. The van der Waals surface area contributed by atoms with Crippen LogP contribution in [0.3, 0.4) is 0 Å². The van der Waals surface area contributed by atoms with E-state index < -0.39 is 0 Å². The first-order valence-corrected chi connectivity index (χ1v) is 20.9. The molecule has 0 aliphatic heterocycles. The Labute approximate surface area is 356 Å². The van der Waals surface area contributed by atoms with Crippen molar-refractivity contribution < 1.29 is 4.42 Å². The molecule has 3 aromatic heterocycles. The van der Waals surface area contributed by atoms with E-state index in [1.807, 2.05) is 36.4 Å².